The number of hydrogen-bond donors (Lipinski definition) is 0. The highest BCUT2D eigenvalue weighted by molar-refractivity contribution is 5.75. The van der Waals surface area contributed by atoms with Crippen LogP contribution in [0.15, 0.2) is 60.7 Å². The monoisotopic (exact) mass is 341 g/mol. The van der Waals surface area contributed by atoms with Gasteiger partial charge in [-0.05, 0) is 11.1 Å². The molecule has 0 aliphatic heterocycles. The molecule has 0 unspecified atom stereocenters. The lowest BCUT2D eigenvalue weighted by atomic mass is 10.2. The SMILES string of the molecule is CCC(=O)N(C)Cc1ccccc1.CCC(=O)OCc1ccccc1. The summed E-state index contributed by atoms with van der Waals surface area (Å²) in [6.45, 7) is 4.75. The number of hydrogen-bond acceptors (Lipinski definition) is 3. The number of benzene rings is 2. The second-order valence-electron chi connectivity index (χ2n) is 5.59. The van der Waals surface area contributed by atoms with Crippen molar-refractivity contribution in [2.75, 3.05) is 7.05 Å². The van der Waals surface area contributed by atoms with Gasteiger partial charge in [-0.25, -0.2) is 0 Å². The quantitative estimate of drug-likeness (QED) is 0.740. The molecule has 0 radical (unpaired) electrons. The Morgan fingerprint density at radius 1 is 0.840 bits per heavy atom. The summed E-state index contributed by atoms with van der Waals surface area (Å²) in [5.74, 6) is 0.0303. The second kappa shape index (κ2) is 11.8. The number of carbonyl (C=O) groups excluding carboxylic acids is 2. The van der Waals surface area contributed by atoms with Gasteiger partial charge in [0.05, 0.1) is 0 Å². The van der Waals surface area contributed by atoms with Gasteiger partial charge in [-0.1, -0.05) is 74.5 Å². The largest absolute Gasteiger partial charge is 0.461 e. The zero-order valence-electron chi connectivity index (χ0n) is 15.3. The lowest BCUT2D eigenvalue weighted by Gasteiger charge is -2.15. The van der Waals surface area contributed by atoms with Crippen molar-refractivity contribution in [3.8, 4) is 0 Å². The highest BCUT2D eigenvalue weighted by Gasteiger charge is 2.05. The molecule has 0 aliphatic rings. The fourth-order valence-electron chi connectivity index (χ4n) is 2.06. The van der Waals surface area contributed by atoms with E-state index in [1.54, 1.807) is 11.8 Å². The van der Waals surface area contributed by atoms with E-state index in [2.05, 4.69) is 0 Å². The van der Waals surface area contributed by atoms with Crippen molar-refractivity contribution in [2.24, 2.45) is 0 Å². The van der Waals surface area contributed by atoms with Crippen molar-refractivity contribution >= 4 is 11.9 Å². The van der Waals surface area contributed by atoms with Gasteiger partial charge in [0.15, 0.2) is 0 Å². The van der Waals surface area contributed by atoms with Crippen LogP contribution in [0.5, 0.6) is 0 Å². The third-order valence-electron chi connectivity index (χ3n) is 3.52. The standard InChI is InChI=1S/C11H15NO.C10H12O2/c1-3-11(13)12(2)9-10-7-5-4-6-8-10;1-2-10(11)12-8-9-6-4-3-5-7-9/h4-8H,3,9H2,1-2H3;3-7H,2,8H2,1H3. The van der Waals surface area contributed by atoms with Crippen LogP contribution in [0.3, 0.4) is 0 Å². The third-order valence-corrected chi connectivity index (χ3v) is 3.52. The van der Waals surface area contributed by atoms with E-state index < -0.39 is 0 Å². The minimum Gasteiger partial charge on any atom is -0.461 e. The molecule has 0 saturated carbocycles. The molecule has 0 heterocycles. The first-order valence-corrected chi connectivity index (χ1v) is 8.54. The topological polar surface area (TPSA) is 46.6 Å². The van der Waals surface area contributed by atoms with Crippen molar-refractivity contribution in [3.63, 3.8) is 0 Å². The van der Waals surface area contributed by atoms with E-state index >= 15 is 0 Å². The Kier molecular flexibility index (Phi) is 9.68. The molecule has 4 heteroatoms. The van der Waals surface area contributed by atoms with E-state index in [0.29, 0.717) is 26.0 Å². The molecule has 0 spiro atoms. The highest BCUT2D eigenvalue weighted by Crippen LogP contribution is 2.03. The molecule has 0 atom stereocenters. The normalized spacial score (nSPS) is 9.56. The summed E-state index contributed by atoms with van der Waals surface area (Å²) in [7, 11) is 1.83. The predicted octanol–water partition coefficient (Wildman–Crippen LogP) is 4.19. The van der Waals surface area contributed by atoms with Crippen molar-refractivity contribution in [2.45, 2.75) is 39.8 Å². The lowest BCUT2D eigenvalue weighted by Crippen LogP contribution is -2.24. The Bertz CT molecular complexity index is 626. The van der Waals surface area contributed by atoms with Gasteiger partial charge in [-0.15, -0.1) is 0 Å². The van der Waals surface area contributed by atoms with Crippen LogP contribution >= 0.6 is 0 Å². The molecule has 0 N–H and O–H groups in total. The number of esters is 1. The van der Waals surface area contributed by atoms with Crippen LogP contribution in [-0.2, 0) is 27.5 Å². The highest BCUT2D eigenvalue weighted by atomic mass is 16.5. The van der Waals surface area contributed by atoms with Gasteiger partial charge in [0.25, 0.3) is 0 Å². The van der Waals surface area contributed by atoms with Crippen molar-refractivity contribution in [1.82, 2.24) is 4.90 Å². The Hall–Kier alpha value is -2.62. The number of rotatable bonds is 6. The Morgan fingerprint density at radius 2 is 1.36 bits per heavy atom. The second-order valence-corrected chi connectivity index (χ2v) is 5.59. The first-order valence-electron chi connectivity index (χ1n) is 8.54. The van der Waals surface area contributed by atoms with Gasteiger partial charge in [-0.3, -0.25) is 9.59 Å². The number of amides is 1. The summed E-state index contributed by atoms with van der Waals surface area (Å²) in [6, 6.07) is 19.7. The minimum atomic E-state index is -0.154. The number of nitrogens with zero attached hydrogens (tertiary/aromatic N) is 1. The molecular formula is C21H27NO3. The van der Waals surface area contributed by atoms with Gasteiger partial charge >= 0.3 is 5.97 Å². The summed E-state index contributed by atoms with van der Waals surface area (Å²) in [4.78, 5) is 23.8. The first-order chi connectivity index (χ1) is 12.1. The van der Waals surface area contributed by atoms with E-state index in [0.717, 1.165) is 5.56 Å². The minimum absolute atomic E-state index is 0.154. The van der Waals surface area contributed by atoms with Crippen LogP contribution in [0.2, 0.25) is 0 Å². The number of carbonyl (C=O) groups is 2. The molecule has 0 fully saturated rings. The maximum atomic E-state index is 11.2. The number of ether oxygens (including phenoxy) is 1. The Labute approximate surface area is 150 Å². The van der Waals surface area contributed by atoms with E-state index in [-0.39, 0.29) is 11.9 Å². The van der Waals surface area contributed by atoms with Crippen molar-refractivity contribution < 1.29 is 14.3 Å². The van der Waals surface area contributed by atoms with Gasteiger partial charge in [0.1, 0.15) is 6.61 Å². The first kappa shape index (κ1) is 20.4. The van der Waals surface area contributed by atoms with Crippen LogP contribution in [0.4, 0.5) is 0 Å². The van der Waals surface area contributed by atoms with Gasteiger partial charge in [0, 0.05) is 26.4 Å². The zero-order chi connectivity index (χ0) is 18.5. The zero-order valence-corrected chi connectivity index (χ0v) is 15.3. The van der Waals surface area contributed by atoms with E-state index in [9.17, 15) is 9.59 Å². The van der Waals surface area contributed by atoms with Crippen LogP contribution in [0.25, 0.3) is 0 Å². The summed E-state index contributed by atoms with van der Waals surface area (Å²) < 4.78 is 4.94. The lowest BCUT2D eigenvalue weighted by molar-refractivity contribution is -0.144. The molecule has 4 nitrogen and oxygen atoms in total. The van der Waals surface area contributed by atoms with Gasteiger partial charge in [-0.2, -0.15) is 0 Å². The third kappa shape index (κ3) is 8.70. The molecule has 0 aromatic heterocycles. The van der Waals surface area contributed by atoms with Crippen molar-refractivity contribution in [1.29, 1.82) is 0 Å². The fraction of sp³-hybridized carbons (Fsp3) is 0.333. The molecule has 25 heavy (non-hydrogen) atoms. The van der Waals surface area contributed by atoms with Gasteiger partial charge < -0.3 is 9.64 Å². The molecule has 1 amide bonds. The van der Waals surface area contributed by atoms with E-state index in [1.165, 1.54) is 5.56 Å². The average molecular weight is 341 g/mol. The van der Waals surface area contributed by atoms with Crippen LogP contribution in [0, 0.1) is 0 Å². The molecular weight excluding hydrogens is 314 g/mol. The summed E-state index contributed by atoms with van der Waals surface area (Å²) in [6.07, 6.45) is 1.01. The molecule has 0 saturated heterocycles. The maximum absolute atomic E-state index is 11.2. The smallest absolute Gasteiger partial charge is 0.305 e. The molecule has 0 aliphatic carbocycles. The van der Waals surface area contributed by atoms with E-state index in [1.807, 2.05) is 74.6 Å². The fourth-order valence-corrected chi connectivity index (χ4v) is 2.06. The summed E-state index contributed by atoms with van der Waals surface area (Å²) in [5, 5.41) is 0. The summed E-state index contributed by atoms with van der Waals surface area (Å²) in [5.41, 5.74) is 2.20. The van der Waals surface area contributed by atoms with Crippen molar-refractivity contribution in [3.05, 3.63) is 71.8 Å². The molecule has 134 valence electrons. The Morgan fingerprint density at radius 3 is 1.84 bits per heavy atom. The van der Waals surface area contributed by atoms with Crippen LogP contribution < -0.4 is 0 Å². The van der Waals surface area contributed by atoms with Gasteiger partial charge in [0.2, 0.25) is 5.91 Å². The Balaban J connectivity index is 0.000000251. The summed E-state index contributed by atoms with van der Waals surface area (Å²) >= 11 is 0. The van der Waals surface area contributed by atoms with Crippen LogP contribution in [-0.4, -0.2) is 23.8 Å². The molecule has 2 aromatic carbocycles. The molecule has 2 aromatic rings. The molecule has 0 bridgehead atoms. The maximum Gasteiger partial charge on any atom is 0.305 e. The average Bonchev–Trinajstić information content (AvgIpc) is 2.67. The predicted molar refractivity (Wildman–Crippen MR) is 99.7 cm³/mol. The molecule has 2 rings (SSSR count). The van der Waals surface area contributed by atoms with Crippen LogP contribution in [0.1, 0.15) is 37.8 Å². The van der Waals surface area contributed by atoms with E-state index in [4.69, 9.17) is 4.74 Å².